The summed E-state index contributed by atoms with van der Waals surface area (Å²) in [5.41, 5.74) is 12.7. The molecule has 0 aliphatic heterocycles. The molecule has 8 aromatic carbocycles. The molecule has 0 fully saturated rings. The largest absolute Gasteiger partial charge is 0.456 e. The lowest BCUT2D eigenvalue weighted by Crippen LogP contribution is -1.95. The third-order valence-electron chi connectivity index (χ3n) is 10.9. The Kier molecular flexibility index (Phi) is 5.47. The average Bonchev–Trinajstić information content (AvgIpc) is 3.94. The average molecular weight is 665 g/mol. The van der Waals surface area contributed by atoms with E-state index in [0.29, 0.717) is 0 Å². The maximum atomic E-state index is 6.58. The van der Waals surface area contributed by atoms with Crippen LogP contribution >= 0.6 is 0 Å². The van der Waals surface area contributed by atoms with Gasteiger partial charge in [0.2, 0.25) is 0 Å². The second-order valence-electron chi connectivity index (χ2n) is 13.7. The summed E-state index contributed by atoms with van der Waals surface area (Å²) in [6.07, 6.45) is 0. The molecule has 0 aliphatic carbocycles. The first-order valence-electron chi connectivity index (χ1n) is 17.7. The van der Waals surface area contributed by atoms with Crippen molar-refractivity contribution in [3.8, 4) is 22.5 Å². The van der Waals surface area contributed by atoms with Crippen LogP contribution in [0.25, 0.3) is 110 Å². The van der Waals surface area contributed by atoms with Crippen molar-refractivity contribution in [1.29, 1.82) is 0 Å². The minimum atomic E-state index is 0.896. The molecule has 4 nitrogen and oxygen atoms in total. The van der Waals surface area contributed by atoms with E-state index in [1.807, 2.05) is 18.2 Å². The molecule has 12 aromatic rings. The molecule has 0 radical (unpaired) electrons. The molecule has 52 heavy (non-hydrogen) atoms. The molecule has 4 aromatic heterocycles. The first kappa shape index (κ1) is 27.7. The monoisotopic (exact) mass is 664 g/mol. The lowest BCUT2D eigenvalue weighted by Gasteiger charge is -2.11. The van der Waals surface area contributed by atoms with Gasteiger partial charge in [0.25, 0.3) is 0 Å². The van der Waals surface area contributed by atoms with Crippen LogP contribution in [0.5, 0.6) is 0 Å². The van der Waals surface area contributed by atoms with E-state index < -0.39 is 0 Å². The van der Waals surface area contributed by atoms with E-state index in [-0.39, 0.29) is 0 Å². The van der Waals surface area contributed by atoms with Crippen LogP contribution in [0, 0.1) is 0 Å². The first-order chi connectivity index (χ1) is 25.8. The summed E-state index contributed by atoms with van der Waals surface area (Å²) in [6.45, 7) is 0. The number of hydrogen-bond acceptors (Lipinski definition) is 2. The van der Waals surface area contributed by atoms with Gasteiger partial charge in [-0.3, -0.25) is 0 Å². The van der Waals surface area contributed by atoms with E-state index >= 15 is 0 Å². The van der Waals surface area contributed by atoms with E-state index in [2.05, 4.69) is 161 Å². The van der Waals surface area contributed by atoms with Crippen molar-refractivity contribution in [3.05, 3.63) is 170 Å². The van der Waals surface area contributed by atoms with E-state index in [0.717, 1.165) is 77.4 Å². The molecule has 0 N–H and O–H groups in total. The van der Waals surface area contributed by atoms with Crippen LogP contribution in [-0.4, -0.2) is 9.13 Å². The minimum absolute atomic E-state index is 0.896. The SMILES string of the molecule is c1cc(-c2ccc3oc4ccccc4c3c2)cc(-n2c3ccccc3c3cc4c(cc32)c2ccccc2n4-c2cccc3c2oc2ccccc23)c1. The van der Waals surface area contributed by atoms with E-state index in [4.69, 9.17) is 8.83 Å². The number of para-hydroxylation sites is 5. The Bertz CT molecular complexity index is 3420. The van der Waals surface area contributed by atoms with Gasteiger partial charge in [0, 0.05) is 48.8 Å². The van der Waals surface area contributed by atoms with Gasteiger partial charge in [-0.15, -0.1) is 0 Å². The van der Waals surface area contributed by atoms with Gasteiger partial charge in [0.05, 0.1) is 27.8 Å². The van der Waals surface area contributed by atoms with Gasteiger partial charge < -0.3 is 18.0 Å². The lowest BCUT2D eigenvalue weighted by molar-refractivity contribution is 0.666. The second kappa shape index (κ2) is 10.3. The Labute approximate surface area is 296 Å². The molecule has 0 amide bonds. The highest BCUT2D eigenvalue weighted by Crippen LogP contribution is 2.42. The van der Waals surface area contributed by atoms with E-state index in [9.17, 15) is 0 Å². The zero-order valence-corrected chi connectivity index (χ0v) is 27.9. The van der Waals surface area contributed by atoms with Gasteiger partial charge in [-0.25, -0.2) is 0 Å². The second-order valence-corrected chi connectivity index (χ2v) is 13.7. The standard InChI is InChI=1S/C48H28N2O2/c1-5-18-40-32(13-1)37-28-44-38(33-14-2-6-19-41(33)50(44)42-20-10-17-36-34-15-3-8-22-46(34)52-48(36)42)27-43(37)49(40)31-12-9-11-29(25-31)30-23-24-47-39(26-30)35-16-4-7-21-45(35)51-47/h1-28H. The predicted molar refractivity (Wildman–Crippen MR) is 215 cm³/mol. The topological polar surface area (TPSA) is 36.1 Å². The van der Waals surface area contributed by atoms with Crippen LogP contribution in [0.15, 0.2) is 179 Å². The van der Waals surface area contributed by atoms with Gasteiger partial charge in [0.15, 0.2) is 5.58 Å². The van der Waals surface area contributed by atoms with Crippen LogP contribution in [0.2, 0.25) is 0 Å². The third kappa shape index (κ3) is 3.75. The Morgan fingerprint density at radius 2 is 0.865 bits per heavy atom. The van der Waals surface area contributed by atoms with Crippen molar-refractivity contribution in [3.63, 3.8) is 0 Å². The molecule has 0 spiro atoms. The van der Waals surface area contributed by atoms with Crippen LogP contribution < -0.4 is 0 Å². The molecule has 0 atom stereocenters. The van der Waals surface area contributed by atoms with Crippen molar-refractivity contribution in [1.82, 2.24) is 9.13 Å². The highest BCUT2D eigenvalue weighted by Gasteiger charge is 2.21. The van der Waals surface area contributed by atoms with E-state index in [1.165, 1.54) is 32.6 Å². The van der Waals surface area contributed by atoms with Gasteiger partial charge in [0.1, 0.15) is 16.7 Å². The number of hydrogen-bond donors (Lipinski definition) is 0. The van der Waals surface area contributed by atoms with Gasteiger partial charge >= 0.3 is 0 Å². The summed E-state index contributed by atoms with van der Waals surface area (Å²) in [4.78, 5) is 0. The summed E-state index contributed by atoms with van der Waals surface area (Å²) in [5, 5.41) is 9.36. The Balaban J connectivity index is 1.12. The third-order valence-corrected chi connectivity index (χ3v) is 10.9. The number of rotatable bonds is 3. The number of fused-ring (bicyclic) bond motifs is 12. The fraction of sp³-hybridized carbons (Fsp3) is 0. The van der Waals surface area contributed by atoms with Crippen molar-refractivity contribution >= 4 is 87.5 Å². The molecular formula is C48H28N2O2. The molecular weight excluding hydrogens is 637 g/mol. The lowest BCUT2D eigenvalue weighted by atomic mass is 10.0. The van der Waals surface area contributed by atoms with E-state index in [1.54, 1.807) is 0 Å². The smallest absolute Gasteiger partial charge is 0.159 e. The van der Waals surface area contributed by atoms with Crippen molar-refractivity contribution in [2.45, 2.75) is 0 Å². The fourth-order valence-electron chi connectivity index (χ4n) is 8.61. The summed E-state index contributed by atoms with van der Waals surface area (Å²) in [5.74, 6) is 0. The zero-order chi connectivity index (χ0) is 33.9. The van der Waals surface area contributed by atoms with Gasteiger partial charge in [-0.2, -0.15) is 0 Å². The predicted octanol–water partition coefficient (Wildman–Crippen LogP) is 13.3. The summed E-state index contributed by atoms with van der Waals surface area (Å²) in [7, 11) is 0. The van der Waals surface area contributed by atoms with Crippen LogP contribution in [-0.2, 0) is 0 Å². The maximum Gasteiger partial charge on any atom is 0.159 e. The molecule has 0 bridgehead atoms. The molecule has 0 unspecified atom stereocenters. The maximum absolute atomic E-state index is 6.58. The number of benzene rings is 8. The Morgan fingerprint density at radius 1 is 0.308 bits per heavy atom. The number of aromatic nitrogens is 2. The minimum Gasteiger partial charge on any atom is -0.456 e. The molecule has 0 saturated heterocycles. The van der Waals surface area contributed by atoms with Gasteiger partial charge in [-0.05, 0) is 77.9 Å². The van der Waals surface area contributed by atoms with Crippen molar-refractivity contribution < 1.29 is 8.83 Å². The van der Waals surface area contributed by atoms with Crippen LogP contribution in [0.3, 0.4) is 0 Å². The number of furan rings is 2. The fourth-order valence-corrected chi connectivity index (χ4v) is 8.61. The summed E-state index contributed by atoms with van der Waals surface area (Å²) < 4.78 is 17.5. The normalized spacial score (nSPS) is 12.2. The van der Waals surface area contributed by atoms with Crippen molar-refractivity contribution in [2.24, 2.45) is 0 Å². The van der Waals surface area contributed by atoms with Crippen LogP contribution in [0.1, 0.15) is 0 Å². The molecule has 0 saturated carbocycles. The molecule has 242 valence electrons. The van der Waals surface area contributed by atoms with Crippen molar-refractivity contribution in [2.75, 3.05) is 0 Å². The zero-order valence-electron chi connectivity index (χ0n) is 27.9. The number of nitrogens with zero attached hydrogens (tertiary/aromatic N) is 2. The summed E-state index contributed by atoms with van der Waals surface area (Å²) in [6, 6.07) is 60.7. The highest BCUT2D eigenvalue weighted by molar-refractivity contribution is 6.20. The first-order valence-corrected chi connectivity index (χ1v) is 17.7. The molecule has 4 heterocycles. The molecule has 12 rings (SSSR count). The Morgan fingerprint density at radius 3 is 1.63 bits per heavy atom. The van der Waals surface area contributed by atoms with Gasteiger partial charge in [-0.1, -0.05) is 103 Å². The summed E-state index contributed by atoms with van der Waals surface area (Å²) >= 11 is 0. The highest BCUT2D eigenvalue weighted by atomic mass is 16.3. The molecule has 0 aliphatic rings. The Hall–Kier alpha value is -7.04. The van der Waals surface area contributed by atoms with Crippen LogP contribution in [0.4, 0.5) is 0 Å². The quantitative estimate of drug-likeness (QED) is 0.188. The molecule has 4 heteroatoms.